The van der Waals surface area contributed by atoms with E-state index in [0.717, 1.165) is 5.69 Å². The fraction of sp³-hybridized carbons (Fsp3) is 0.273. The highest BCUT2D eigenvalue weighted by molar-refractivity contribution is 5.96. The Morgan fingerprint density at radius 1 is 1.43 bits per heavy atom. The van der Waals surface area contributed by atoms with Crippen LogP contribution in [0.1, 0.15) is 6.92 Å². The molecular weight excluding hydrogens is 176 g/mol. The largest absolute Gasteiger partial charge is 0.314 e. The molecule has 0 N–H and O–H groups in total. The van der Waals surface area contributed by atoms with Crippen molar-refractivity contribution in [1.29, 1.82) is 0 Å². The maximum Gasteiger partial charge on any atom is 0.251 e. The van der Waals surface area contributed by atoms with E-state index in [9.17, 15) is 4.79 Å². The van der Waals surface area contributed by atoms with Crippen LogP contribution in [0.15, 0.2) is 35.3 Å². The molecule has 1 aromatic carbocycles. The summed E-state index contributed by atoms with van der Waals surface area (Å²) in [4.78, 5) is 16.9. The fourth-order valence-corrected chi connectivity index (χ4v) is 1.14. The van der Waals surface area contributed by atoms with Gasteiger partial charge in [-0.05, 0) is 25.8 Å². The smallest absolute Gasteiger partial charge is 0.251 e. The van der Waals surface area contributed by atoms with Gasteiger partial charge in [-0.1, -0.05) is 18.2 Å². The van der Waals surface area contributed by atoms with E-state index in [1.54, 1.807) is 18.9 Å². The van der Waals surface area contributed by atoms with Gasteiger partial charge in [0, 0.05) is 12.7 Å². The van der Waals surface area contributed by atoms with Gasteiger partial charge in [-0.2, -0.15) is 0 Å². The van der Waals surface area contributed by atoms with E-state index < -0.39 is 0 Å². The first-order valence-corrected chi connectivity index (χ1v) is 4.45. The molecule has 14 heavy (non-hydrogen) atoms. The van der Waals surface area contributed by atoms with Gasteiger partial charge in [0.25, 0.3) is 5.91 Å². The summed E-state index contributed by atoms with van der Waals surface area (Å²) in [7, 11) is 1.74. The lowest BCUT2D eigenvalue weighted by atomic mass is 10.2. The quantitative estimate of drug-likeness (QED) is 0.668. The van der Waals surface area contributed by atoms with E-state index in [1.807, 2.05) is 30.3 Å². The van der Waals surface area contributed by atoms with Crippen molar-refractivity contribution in [2.45, 2.75) is 13.0 Å². The lowest BCUT2D eigenvalue weighted by Crippen LogP contribution is -2.33. The van der Waals surface area contributed by atoms with Gasteiger partial charge >= 0.3 is 0 Å². The zero-order chi connectivity index (χ0) is 10.6. The predicted molar refractivity (Wildman–Crippen MR) is 58.9 cm³/mol. The van der Waals surface area contributed by atoms with Crippen LogP contribution in [0.25, 0.3) is 0 Å². The summed E-state index contributed by atoms with van der Waals surface area (Å²) < 4.78 is 0. The standard InChI is InChI=1S/C11H14N2O/c1-9(12-2)11(14)13(3)10-7-5-4-6-8-10/h4-9H,2H2,1,3H3. The molecule has 3 heteroatoms. The van der Waals surface area contributed by atoms with Crippen LogP contribution < -0.4 is 4.90 Å². The van der Waals surface area contributed by atoms with Crippen LogP contribution in [-0.2, 0) is 4.79 Å². The third kappa shape index (κ3) is 2.19. The summed E-state index contributed by atoms with van der Waals surface area (Å²) in [6.07, 6.45) is 0. The van der Waals surface area contributed by atoms with Gasteiger partial charge in [0.05, 0.1) is 0 Å². The van der Waals surface area contributed by atoms with E-state index in [-0.39, 0.29) is 11.9 Å². The number of nitrogens with zero attached hydrogens (tertiary/aromatic N) is 2. The molecule has 0 spiro atoms. The Bertz CT molecular complexity index is 321. The summed E-state index contributed by atoms with van der Waals surface area (Å²) in [6, 6.07) is 9.08. The van der Waals surface area contributed by atoms with Crippen molar-refractivity contribution in [3.8, 4) is 0 Å². The maximum atomic E-state index is 11.7. The van der Waals surface area contributed by atoms with Crippen molar-refractivity contribution in [2.75, 3.05) is 11.9 Å². The van der Waals surface area contributed by atoms with Gasteiger partial charge in [0.15, 0.2) is 0 Å². The summed E-state index contributed by atoms with van der Waals surface area (Å²) >= 11 is 0. The molecule has 1 unspecified atom stereocenters. The van der Waals surface area contributed by atoms with Crippen LogP contribution in [0, 0.1) is 0 Å². The van der Waals surface area contributed by atoms with Gasteiger partial charge in [0.1, 0.15) is 6.04 Å². The van der Waals surface area contributed by atoms with Crippen LogP contribution in [0.4, 0.5) is 5.69 Å². The SMILES string of the molecule is C=NC(C)C(=O)N(C)c1ccccc1. The molecule has 0 saturated carbocycles. The lowest BCUT2D eigenvalue weighted by molar-refractivity contribution is -0.119. The minimum atomic E-state index is -0.389. The molecule has 0 heterocycles. The highest BCUT2D eigenvalue weighted by Gasteiger charge is 2.16. The average molecular weight is 190 g/mol. The molecule has 0 aliphatic heterocycles. The number of para-hydroxylation sites is 1. The highest BCUT2D eigenvalue weighted by Crippen LogP contribution is 2.12. The Kier molecular flexibility index (Phi) is 3.40. The molecule has 0 bridgehead atoms. The van der Waals surface area contributed by atoms with Gasteiger partial charge in [0.2, 0.25) is 0 Å². The van der Waals surface area contributed by atoms with Crippen molar-refractivity contribution in [3.05, 3.63) is 30.3 Å². The number of benzene rings is 1. The maximum absolute atomic E-state index is 11.7. The van der Waals surface area contributed by atoms with Crippen molar-refractivity contribution in [3.63, 3.8) is 0 Å². The molecule has 1 amide bonds. The number of amides is 1. The van der Waals surface area contributed by atoms with Crippen LogP contribution in [0.3, 0.4) is 0 Å². The summed E-state index contributed by atoms with van der Waals surface area (Å²) in [6.45, 7) is 5.09. The number of anilines is 1. The first kappa shape index (κ1) is 10.4. The normalized spacial score (nSPS) is 11.9. The Balaban J connectivity index is 2.80. The molecule has 0 fully saturated rings. The zero-order valence-corrected chi connectivity index (χ0v) is 8.47. The molecule has 1 aromatic rings. The molecule has 0 saturated heterocycles. The second-order valence-electron chi connectivity index (χ2n) is 3.09. The zero-order valence-electron chi connectivity index (χ0n) is 8.47. The number of hydrogen-bond acceptors (Lipinski definition) is 2. The fourth-order valence-electron chi connectivity index (χ4n) is 1.14. The van der Waals surface area contributed by atoms with Crippen LogP contribution >= 0.6 is 0 Å². The van der Waals surface area contributed by atoms with E-state index in [0.29, 0.717) is 0 Å². The third-order valence-corrected chi connectivity index (χ3v) is 2.11. The van der Waals surface area contributed by atoms with E-state index in [4.69, 9.17) is 0 Å². The number of likely N-dealkylation sites (N-methyl/N-ethyl adjacent to an activating group) is 1. The Morgan fingerprint density at radius 3 is 2.50 bits per heavy atom. The Morgan fingerprint density at radius 2 is 2.00 bits per heavy atom. The van der Waals surface area contributed by atoms with Crippen molar-refractivity contribution >= 4 is 18.3 Å². The minimum Gasteiger partial charge on any atom is -0.314 e. The van der Waals surface area contributed by atoms with Gasteiger partial charge in [-0.3, -0.25) is 9.79 Å². The van der Waals surface area contributed by atoms with Crippen molar-refractivity contribution in [2.24, 2.45) is 4.99 Å². The number of rotatable bonds is 3. The molecule has 1 atom stereocenters. The second kappa shape index (κ2) is 4.56. The molecular formula is C11H14N2O. The number of hydrogen-bond donors (Lipinski definition) is 0. The molecule has 74 valence electrons. The lowest BCUT2D eigenvalue weighted by Gasteiger charge is -2.19. The third-order valence-electron chi connectivity index (χ3n) is 2.11. The van der Waals surface area contributed by atoms with Gasteiger partial charge in [-0.15, -0.1) is 0 Å². The van der Waals surface area contributed by atoms with Crippen LogP contribution in [-0.4, -0.2) is 25.7 Å². The molecule has 0 aliphatic rings. The first-order valence-electron chi connectivity index (χ1n) is 4.45. The highest BCUT2D eigenvalue weighted by atomic mass is 16.2. The monoisotopic (exact) mass is 190 g/mol. The van der Waals surface area contributed by atoms with Crippen molar-refractivity contribution < 1.29 is 4.79 Å². The predicted octanol–water partition coefficient (Wildman–Crippen LogP) is 1.74. The van der Waals surface area contributed by atoms with Gasteiger partial charge < -0.3 is 4.90 Å². The van der Waals surface area contributed by atoms with E-state index in [2.05, 4.69) is 11.7 Å². The number of carbonyl (C=O) groups is 1. The average Bonchev–Trinajstić information content (AvgIpc) is 2.27. The molecule has 0 aromatic heterocycles. The van der Waals surface area contributed by atoms with Crippen LogP contribution in [0.5, 0.6) is 0 Å². The molecule has 3 nitrogen and oxygen atoms in total. The second-order valence-corrected chi connectivity index (χ2v) is 3.09. The summed E-state index contributed by atoms with van der Waals surface area (Å²) in [5.74, 6) is -0.0498. The first-order chi connectivity index (χ1) is 6.66. The molecule has 0 aliphatic carbocycles. The Hall–Kier alpha value is -1.64. The Labute approximate surface area is 84.1 Å². The topological polar surface area (TPSA) is 32.7 Å². The van der Waals surface area contributed by atoms with Gasteiger partial charge in [-0.25, -0.2) is 0 Å². The number of carbonyl (C=O) groups excluding carboxylic acids is 1. The summed E-state index contributed by atoms with van der Waals surface area (Å²) in [5.41, 5.74) is 0.869. The minimum absolute atomic E-state index is 0.0498. The van der Waals surface area contributed by atoms with E-state index >= 15 is 0 Å². The van der Waals surface area contributed by atoms with E-state index in [1.165, 1.54) is 0 Å². The van der Waals surface area contributed by atoms with Crippen LogP contribution in [0.2, 0.25) is 0 Å². The summed E-state index contributed by atoms with van der Waals surface area (Å²) in [5, 5.41) is 0. The molecule has 1 rings (SSSR count). The molecule has 0 radical (unpaired) electrons. The number of aliphatic imine (C=N–C) groups is 1. The van der Waals surface area contributed by atoms with Crippen molar-refractivity contribution in [1.82, 2.24) is 0 Å².